The van der Waals surface area contributed by atoms with E-state index in [4.69, 9.17) is 11.6 Å². The van der Waals surface area contributed by atoms with Crippen molar-refractivity contribution >= 4 is 17.4 Å². The number of hydrogen-bond acceptors (Lipinski definition) is 3. The molecule has 0 N–H and O–H groups in total. The lowest BCUT2D eigenvalue weighted by atomic mass is 10.1. The molecule has 94 valence electrons. The van der Waals surface area contributed by atoms with Gasteiger partial charge in [-0.3, -0.25) is 4.98 Å². The fourth-order valence-electron chi connectivity index (χ4n) is 1.87. The summed E-state index contributed by atoms with van der Waals surface area (Å²) in [4.78, 5) is 11.2. The summed E-state index contributed by atoms with van der Waals surface area (Å²) in [6.07, 6.45) is 7.36. The van der Waals surface area contributed by atoms with Crippen molar-refractivity contribution in [1.82, 2.24) is 9.97 Å². The van der Waals surface area contributed by atoms with Gasteiger partial charge in [0.2, 0.25) is 0 Å². The van der Waals surface area contributed by atoms with E-state index in [9.17, 15) is 0 Å². The van der Waals surface area contributed by atoms with Gasteiger partial charge in [-0.05, 0) is 25.2 Å². The summed E-state index contributed by atoms with van der Waals surface area (Å²) in [5, 5.41) is 0. The molecule has 2 rings (SSSR count). The normalized spacial score (nSPS) is 15.3. The lowest BCUT2D eigenvalue weighted by molar-refractivity contribution is 0.568. The minimum Gasteiger partial charge on any atom is -0.352 e. The van der Waals surface area contributed by atoms with Gasteiger partial charge in [0.15, 0.2) is 0 Å². The molecule has 1 aliphatic rings. The van der Waals surface area contributed by atoms with E-state index >= 15 is 0 Å². The Kier molecular flexibility index (Phi) is 4.21. The maximum absolute atomic E-state index is 5.81. The molecule has 0 radical (unpaired) electrons. The summed E-state index contributed by atoms with van der Waals surface area (Å²) in [6, 6.07) is 0.675. The maximum atomic E-state index is 5.81. The molecule has 17 heavy (non-hydrogen) atoms. The van der Waals surface area contributed by atoms with Crippen molar-refractivity contribution in [1.29, 1.82) is 0 Å². The first-order valence-corrected chi connectivity index (χ1v) is 6.87. The molecule has 0 saturated heterocycles. The van der Waals surface area contributed by atoms with Gasteiger partial charge in [0.1, 0.15) is 5.82 Å². The Labute approximate surface area is 108 Å². The summed E-state index contributed by atoms with van der Waals surface area (Å²) < 4.78 is 0. The van der Waals surface area contributed by atoms with Crippen LogP contribution in [0, 0.1) is 5.92 Å². The molecular formula is C13H20ClN3. The van der Waals surface area contributed by atoms with Crippen LogP contribution >= 0.6 is 11.6 Å². The summed E-state index contributed by atoms with van der Waals surface area (Å²) in [6.45, 7) is 5.58. The quantitative estimate of drug-likeness (QED) is 0.729. The van der Waals surface area contributed by atoms with Crippen LogP contribution < -0.4 is 4.90 Å². The molecule has 0 atom stereocenters. The first kappa shape index (κ1) is 12.6. The van der Waals surface area contributed by atoms with E-state index < -0.39 is 0 Å². The second kappa shape index (κ2) is 5.67. The lowest BCUT2D eigenvalue weighted by Crippen LogP contribution is -2.29. The molecule has 0 amide bonds. The molecule has 1 aromatic rings. The van der Waals surface area contributed by atoms with Crippen LogP contribution in [0.25, 0.3) is 0 Å². The minimum absolute atomic E-state index is 0.434. The van der Waals surface area contributed by atoms with E-state index in [1.54, 1.807) is 6.20 Å². The molecule has 1 fully saturated rings. The van der Waals surface area contributed by atoms with Crippen molar-refractivity contribution in [3.63, 3.8) is 0 Å². The van der Waals surface area contributed by atoms with Crippen molar-refractivity contribution in [2.24, 2.45) is 5.92 Å². The van der Waals surface area contributed by atoms with Crippen LogP contribution in [0.15, 0.2) is 12.4 Å². The standard InChI is InChI=1S/C13H20ClN3/c1-10(2)5-6-17(12-3-4-12)13-9-15-8-11(7-14)16-13/h8-10,12H,3-7H2,1-2H3. The lowest BCUT2D eigenvalue weighted by Gasteiger charge is -2.24. The third-order valence-electron chi connectivity index (χ3n) is 3.04. The number of aromatic nitrogens is 2. The van der Waals surface area contributed by atoms with Crippen molar-refractivity contribution in [2.75, 3.05) is 11.4 Å². The van der Waals surface area contributed by atoms with Gasteiger partial charge in [0, 0.05) is 18.8 Å². The average Bonchev–Trinajstić information content (AvgIpc) is 3.14. The molecule has 1 saturated carbocycles. The van der Waals surface area contributed by atoms with Crippen molar-refractivity contribution in [3.8, 4) is 0 Å². The molecule has 0 spiro atoms. The average molecular weight is 254 g/mol. The zero-order valence-corrected chi connectivity index (χ0v) is 11.3. The second-order valence-electron chi connectivity index (χ2n) is 5.11. The van der Waals surface area contributed by atoms with Crippen LogP contribution in [0.2, 0.25) is 0 Å². The smallest absolute Gasteiger partial charge is 0.147 e. The number of alkyl halides is 1. The highest BCUT2D eigenvalue weighted by atomic mass is 35.5. The first-order chi connectivity index (χ1) is 8.20. The number of halogens is 1. The van der Waals surface area contributed by atoms with Gasteiger partial charge in [-0.1, -0.05) is 13.8 Å². The second-order valence-corrected chi connectivity index (χ2v) is 5.38. The molecule has 0 unspecified atom stereocenters. The number of hydrogen-bond donors (Lipinski definition) is 0. The third kappa shape index (κ3) is 3.56. The summed E-state index contributed by atoms with van der Waals surface area (Å²) in [7, 11) is 0. The van der Waals surface area contributed by atoms with Gasteiger partial charge in [0.05, 0.1) is 17.8 Å². The topological polar surface area (TPSA) is 29.0 Å². The Hall–Kier alpha value is -0.830. The molecule has 4 heteroatoms. The van der Waals surface area contributed by atoms with Gasteiger partial charge in [-0.15, -0.1) is 11.6 Å². The molecule has 0 aliphatic heterocycles. The predicted octanol–water partition coefficient (Wildman–Crippen LogP) is 3.23. The Morgan fingerprint density at radius 2 is 2.18 bits per heavy atom. The SMILES string of the molecule is CC(C)CCN(c1cncc(CCl)n1)C1CC1. The van der Waals surface area contributed by atoms with Crippen LogP contribution in [-0.2, 0) is 5.88 Å². The van der Waals surface area contributed by atoms with Crippen LogP contribution in [0.1, 0.15) is 38.8 Å². The molecule has 1 aromatic heterocycles. The summed E-state index contributed by atoms with van der Waals surface area (Å²) in [5.41, 5.74) is 0.861. The highest BCUT2D eigenvalue weighted by molar-refractivity contribution is 6.16. The van der Waals surface area contributed by atoms with Gasteiger partial charge in [0.25, 0.3) is 0 Å². The fourth-order valence-corrected chi connectivity index (χ4v) is 1.99. The van der Waals surface area contributed by atoms with E-state index in [1.165, 1.54) is 19.3 Å². The highest BCUT2D eigenvalue weighted by Gasteiger charge is 2.30. The first-order valence-electron chi connectivity index (χ1n) is 6.34. The van der Waals surface area contributed by atoms with Gasteiger partial charge in [-0.2, -0.15) is 0 Å². The number of nitrogens with zero attached hydrogens (tertiary/aromatic N) is 3. The maximum Gasteiger partial charge on any atom is 0.147 e. The fraction of sp³-hybridized carbons (Fsp3) is 0.692. The Balaban J connectivity index is 2.08. The van der Waals surface area contributed by atoms with E-state index in [2.05, 4.69) is 28.7 Å². The van der Waals surface area contributed by atoms with Crippen LogP contribution in [0.5, 0.6) is 0 Å². The zero-order chi connectivity index (χ0) is 12.3. The number of rotatable bonds is 6. The van der Waals surface area contributed by atoms with Gasteiger partial charge < -0.3 is 4.90 Å². The van der Waals surface area contributed by atoms with Crippen LogP contribution in [-0.4, -0.2) is 22.6 Å². The van der Waals surface area contributed by atoms with Crippen LogP contribution in [0.4, 0.5) is 5.82 Å². The van der Waals surface area contributed by atoms with Gasteiger partial charge >= 0.3 is 0 Å². The van der Waals surface area contributed by atoms with E-state index in [1.807, 2.05) is 6.20 Å². The monoisotopic (exact) mass is 253 g/mol. The predicted molar refractivity (Wildman–Crippen MR) is 71.4 cm³/mol. The Morgan fingerprint density at radius 3 is 2.76 bits per heavy atom. The molecular weight excluding hydrogens is 234 g/mol. The molecule has 0 bridgehead atoms. The van der Waals surface area contributed by atoms with Crippen molar-refractivity contribution < 1.29 is 0 Å². The largest absolute Gasteiger partial charge is 0.352 e. The third-order valence-corrected chi connectivity index (χ3v) is 3.31. The summed E-state index contributed by atoms with van der Waals surface area (Å²) >= 11 is 5.81. The molecule has 1 aliphatic carbocycles. The number of anilines is 1. The zero-order valence-electron chi connectivity index (χ0n) is 10.6. The molecule has 3 nitrogen and oxygen atoms in total. The molecule has 1 heterocycles. The Bertz CT molecular complexity index is 363. The van der Waals surface area contributed by atoms with E-state index in [0.29, 0.717) is 11.9 Å². The minimum atomic E-state index is 0.434. The van der Waals surface area contributed by atoms with Gasteiger partial charge in [-0.25, -0.2) is 4.98 Å². The van der Waals surface area contributed by atoms with E-state index in [0.717, 1.165) is 24.0 Å². The summed E-state index contributed by atoms with van der Waals surface area (Å²) in [5.74, 6) is 2.15. The van der Waals surface area contributed by atoms with Crippen molar-refractivity contribution in [2.45, 2.75) is 45.0 Å². The van der Waals surface area contributed by atoms with Crippen LogP contribution in [0.3, 0.4) is 0 Å². The molecule has 0 aromatic carbocycles. The van der Waals surface area contributed by atoms with E-state index in [-0.39, 0.29) is 0 Å². The Morgan fingerprint density at radius 1 is 1.41 bits per heavy atom. The van der Waals surface area contributed by atoms with Crippen molar-refractivity contribution in [3.05, 3.63) is 18.1 Å². The highest BCUT2D eigenvalue weighted by Crippen LogP contribution is 2.31.